The summed E-state index contributed by atoms with van der Waals surface area (Å²) >= 11 is 0. The van der Waals surface area contributed by atoms with Crippen LogP contribution < -0.4 is 0 Å². The van der Waals surface area contributed by atoms with Crippen LogP contribution in [0.25, 0.3) is 77.8 Å². The van der Waals surface area contributed by atoms with Crippen molar-refractivity contribution < 1.29 is 0 Å². The van der Waals surface area contributed by atoms with Gasteiger partial charge >= 0.3 is 0 Å². The number of hydrogen-bond donors (Lipinski definition) is 0. The van der Waals surface area contributed by atoms with E-state index in [1.165, 1.54) is 44.5 Å². The standard InChI is InChI=1S/C43H31N7/c1-42(2)28-12-7-5-10-24(28)26-16-18-30-36(38(26)42)40-32(20-44-22-46-40)49(30)34-14-9-15-35(48-34)50-31-19-17-27-25-11-6-8-13-29(25)43(3,4)39(27)37(31)41-33(50)21-45-23-47-41/h5-23H,1-4H3. The lowest BCUT2D eigenvalue weighted by Crippen LogP contribution is -2.15. The van der Waals surface area contributed by atoms with Crippen molar-refractivity contribution in [2.75, 3.05) is 0 Å². The zero-order valence-corrected chi connectivity index (χ0v) is 28.1. The number of pyridine rings is 1. The third-order valence-electron chi connectivity index (χ3n) is 11.4. The zero-order valence-electron chi connectivity index (χ0n) is 28.1. The van der Waals surface area contributed by atoms with E-state index in [1.54, 1.807) is 12.7 Å². The molecular weight excluding hydrogens is 615 g/mol. The number of nitrogens with zero attached hydrogens (tertiary/aromatic N) is 7. The second-order valence-electron chi connectivity index (χ2n) is 14.6. The van der Waals surface area contributed by atoms with Gasteiger partial charge in [0.15, 0.2) is 0 Å². The van der Waals surface area contributed by atoms with Gasteiger partial charge in [0.2, 0.25) is 0 Å². The second kappa shape index (κ2) is 9.27. The van der Waals surface area contributed by atoms with Crippen LogP contribution in [0.5, 0.6) is 0 Å². The highest BCUT2D eigenvalue weighted by Crippen LogP contribution is 2.54. The molecule has 238 valence electrons. The molecule has 0 unspecified atom stereocenters. The Bertz CT molecular complexity index is 2750. The van der Waals surface area contributed by atoms with Crippen molar-refractivity contribution in [3.05, 3.63) is 138 Å². The van der Waals surface area contributed by atoms with Crippen LogP contribution in [0.15, 0.2) is 116 Å². The molecule has 0 spiro atoms. The topological polar surface area (TPSA) is 74.3 Å². The van der Waals surface area contributed by atoms with Gasteiger partial charge in [-0.1, -0.05) is 94.4 Å². The van der Waals surface area contributed by atoms with Gasteiger partial charge < -0.3 is 0 Å². The Hall–Kier alpha value is -6.21. The van der Waals surface area contributed by atoms with Crippen molar-refractivity contribution in [2.24, 2.45) is 0 Å². The summed E-state index contributed by atoms with van der Waals surface area (Å²) in [6, 6.07) is 32.7. The van der Waals surface area contributed by atoms with Crippen molar-refractivity contribution in [3.8, 4) is 33.9 Å². The summed E-state index contributed by atoms with van der Waals surface area (Å²) in [6.07, 6.45) is 7.13. The molecule has 5 heterocycles. The van der Waals surface area contributed by atoms with Crippen LogP contribution in [0, 0.1) is 0 Å². The van der Waals surface area contributed by atoms with Crippen molar-refractivity contribution in [1.29, 1.82) is 0 Å². The number of benzene rings is 4. The Morgan fingerprint density at radius 3 is 1.40 bits per heavy atom. The van der Waals surface area contributed by atoms with Gasteiger partial charge in [-0.3, -0.25) is 9.13 Å². The molecule has 0 fully saturated rings. The van der Waals surface area contributed by atoms with Crippen LogP contribution in [0.1, 0.15) is 49.9 Å². The lowest BCUT2D eigenvalue weighted by molar-refractivity contribution is 0.666. The summed E-state index contributed by atoms with van der Waals surface area (Å²) in [5.74, 6) is 1.60. The van der Waals surface area contributed by atoms with E-state index < -0.39 is 0 Å². The highest BCUT2D eigenvalue weighted by molar-refractivity contribution is 6.13. The van der Waals surface area contributed by atoms with Crippen molar-refractivity contribution >= 4 is 43.9 Å². The van der Waals surface area contributed by atoms with Crippen molar-refractivity contribution in [2.45, 2.75) is 38.5 Å². The molecule has 9 aromatic rings. The fourth-order valence-electron chi connectivity index (χ4n) is 9.35. The molecule has 4 aromatic carbocycles. The van der Waals surface area contributed by atoms with Gasteiger partial charge in [0.25, 0.3) is 0 Å². The van der Waals surface area contributed by atoms with E-state index in [0.29, 0.717) is 0 Å². The predicted molar refractivity (Wildman–Crippen MR) is 199 cm³/mol. The summed E-state index contributed by atoms with van der Waals surface area (Å²) in [4.78, 5) is 24.2. The molecule has 0 amide bonds. The lowest BCUT2D eigenvalue weighted by Gasteiger charge is -2.22. The first-order chi connectivity index (χ1) is 24.4. The average Bonchev–Trinajstić information content (AvgIpc) is 3.80. The van der Waals surface area contributed by atoms with Crippen LogP contribution >= 0.6 is 0 Å². The molecule has 0 aliphatic heterocycles. The van der Waals surface area contributed by atoms with Gasteiger partial charge in [0.05, 0.1) is 34.5 Å². The van der Waals surface area contributed by atoms with E-state index in [1.807, 2.05) is 12.4 Å². The summed E-state index contributed by atoms with van der Waals surface area (Å²) in [5.41, 5.74) is 15.8. The summed E-state index contributed by atoms with van der Waals surface area (Å²) < 4.78 is 4.44. The second-order valence-corrected chi connectivity index (χ2v) is 14.6. The first kappa shape index (κ1) is 27.7. The van der Waals surface area contributed by atoms with Gasteiger partial charge in [-0.25, -0.2) is 24.9 Å². The number of aromatic nitrogens is 7. The molecule has 11 rings (SSSR count). The van der Waals surface area contributed by atoms with E-state index >= 15 is 0 Å². The van der Waals surface area contributed by atoms with Crippen LogP contribution in [-0.4, -0.2) is 34.1 Å². The van der Waals surface area contributed by atoms with Crippen LogP contribution in [-0.2, 0) is 10.8 Å². The normalized spacial score (nSPS) is 15.1. The van der Waals surface area contributed by atoms with Gasteiger partial charge in [-0.05, 0) is 68.8 Å². The smallest absolute Gasteiger partial charge is 0.140 e. The zero-order chi connectivity index (χ0) is 33.5. The Morgan fingerprint density at radius 1 is 0.460 bits per heavy atom. The van der Waals surface area contributed by atoms with Gasteiger partial charge in [0.1, 0.15) is 35.3 Å². The molecule has 2 aliphatic rings. The molecule has 0 radical (unpaired) electrons. The summed E-state index contributed by atoms with van der Waals surface area (Å²) in [7, 11) is 0. The maximum atomic E-state index is 5.41. The van der Waals surface area contributed by atoms with E-state index in [4.69, 9.17) is 15.0 Å². The summed E-state index contributed by atoms with van der Waals surface area (Å²) in [5, 5.41) is 2.30. The van der Waals surface area contributed by atoms with E-state index in [-0.39, 0.29) is 10.8 Å². The summed E-state index contributed by atoms with van der Waals surface area (Å²) in [6.45, 7) is 9.28. The minimum atomic E-state index is -0.193. The van der Waals surface area contributed by atoms with E-state index in [0.717, 1.165) is 55.5 Å². The highest BCUT2D eigenvalue weighted by atomic mass is 15.2. The van der Waals surface area contributed by atoms with Gasteiger partial charge in [-0.2, -0.15) is 0 Å². The quantitative estimate of drug-likeness (QED) is 0.187. The first-order valence-corrected chi connectivity index (χ1v) is 17.1. The third kappa shape index (κ3) is 3.27. The Balaban J connectivity index is 1.18. The molecule has 7 heteroatoms. The van der Waals surface area contributed by atoms with Gasteiger partial charge in [-0.15, -0.1) is 0 Å². The average molecular weight is 646 g/mol. The van der Waals surface area contributed by atoms with Crippen LogP contribution in [0.2, 0.25) is 0 Å². The minimum absolute atomic E-state index is 0.193. The fraction of sp³-hybridized carbons (Fsp3) is 0.140. The molecule has 0 saturated carbocycles. The first-order valence-electron chi connectivity index (χ1n) is 17.1. The number of rotatable bonds is 2. The molecule has 7 nitrogen and oxygen atoms in total. The Morgan fingerprint density at radius 2 is 0.920 bits per heavy atom. The van der Waals surface area contributed by atoms with Gasteiger partial charge in [0, 0.05) is 21.6 Å². The van der Waals surface area contributed by atoms with Crippen LogP contribution in [0.3, 0.4) is 0 Å². The van der Waals surface area contributed by atoms with Crippen molar-refractivity contribution in [3.63, 3.8) is 0 Å². The molecule has 50 heavy (non-hydrogen) atoms. The largest absolute Gasteiger partial charge is 0.290 e. The third-order valence-corrected chi connectivity index (χ3v) is 11.4. The molecule has 0 saturated heterocycles. The fourth-order valence-corrected chi connectivity index (χ4v) is 9.35. The highest BCUT2D eigenvalue weighted by Gasteiger charge is 2.40. The van der Waals surface area contributed by atoms with E-state index in [2.05, 4.69) is 138 Å². The van der Waals surface area contributed by atoms with Crippen molar-refractivity contribution in [1.82, 2.24) is 34.1 Å². The van der Waals surface area contributed by atoms with E-state index in [9.17, 15) is 0 Å². The minimum Gasteiger partial charge on any atom is -0.290 e. The molecule has 5 aromatic heterocycles. The number of fused-ring (bicyclic) bond motifs is 14. The Labute approximate surface area is 288 Å². The molecule has 0 bridgehead atoms. The maximum absolute atomic E-state index is 5.41. The molecule has 2 aliphatic carbocycles. The SMILES string of the molecule is CC1(C)c2ccccc2-c2ccc3c(c21)c1ncncc1n3-c1cccc(-n2c3cncnc3c3c4c(ccc32)-c2ccccc2C4(C)C)n1. The molecular formula is C43H31N7. The monoisotopic (exact) mass is 645 g/mol. The Kier molecular flexibility index (Phi) is 5.14. The number of hydrogen-bond acceptors (Lipinski definition) is 5. The predicted octanol–water partition coefficient (Wildman–Crippen LogP) is 9.47. The molecule has 0 atom stereocenters. The van der Waals surface area contributed by atoms with Crippen LogP contribution in [0.4, 0.5) is 0 Å². The lowest BCUT2D eigenvalue weighted by atomic mass is 9.81. The molecule has 0 N–H and O–H groups in total. The maximum Gasteiger partial charge on any atom is 0.140 e.